The largest absolute Gasteiger partial charge is 0.497 e. The van der Waals surface area contributed by atoms with E-state index in [1.54, 1.807) is 11.4 Å². The Balaban J connectivity index is 2.33. The number of methoxy groups -OCH3 is 1. The summed E-state index contributed by atoms with van der Waals surface area (Å²) in [7, 11) is -1.49. The van der Waals surface area contributed by atoms with Crippen molar-refractivity contribution in [1.29, 1.82) is 0 Å². The van der Waals surface area contributed by atoms with Crippen molar-refractivity contribution < 1.29 is 13.2 Å². The molecular weight excluding hydrogens is 250 g/mol. The molecule has 1 aromatic rings. The molecule has 1 heterocycles. The first-order valence-electron chi connectivity index (χ1n) is 6.04. The van der Waals surface area contributed by atoms with Crippen LogP contribution in [-0.4, -0.2) is 38.7 Å². The molecule has 0 saturated heterocycles. The topological polar surface area (TPSA) is 46.6 Å². The van der Waals surface area contributed by atoms with Gasteiger partial charge in [0.2, 0.25) is 10.0 Å². The van der Waals surface area contributed by atoms with Crippen LogP contribution in [0.2, 0.25) is 0 Å². The van der Waals surface area contributed by atoms with Crippen LogP contribution < -0.4 is 4.74 Å². The van der Waals surface area contributed by atoms with Crippen LogP contribution in [0.15, 0.2) is 18.2 Å². The summed E-state index contributed by atoms with van der Waals surface area (Å²) >= 11 is 0. The molecule has 5 heteroatoms. The molecule has 1 aromatic carbocycles. The van der Waals surface area contributed by atoms with Gasteiger partial charge in [-0.1, -0.05) is 6.07 Å². The number of hydrogen-bond donors (Lipinski definition) is 0. The quantitative estimate of drug-likeness (QED) is 0.816. The minimum Gasteiger partial charge on any atom is -0.497 e. The molecule has 1 unspecified atom stereocenters. The van der Waals surface area contributed by atoms with Crippen molar-refractivity contribution in [2.24, 2.45) is 0 Å². The minimum atomic E-state index is -3.13. The van der Waals surface area contributed by atoms with Gasteiger partial charge in [-0.05, 0) is 43.0 Å². The van der Waals surface area contributed by atoms with Gasteiger partial charge in [0.15, 0.2) is 0 Å². The summed E-state index contributed by atoms with van der Waals surface area (Å²) in [6, 6.07) is 5.97. The van der Waals surface area contributed by atoms with Gasteiger partial charge >= 0.3 is 0 Å². The third kappa shape index (κ3) is 2.67. The molecule has 1 aliphatic heterocycles. The molecule has 0 N–H and O–H groups in total. The first-order valence-corrected chi connectivity index (χ1v) is 7.89. The Kier molecular flexibility index (Phi) is 3.64. The van der Waals surface area contributed by atoms with Gasteiger partial charge in [0, 0.05) is 12.6 Å². The Morgan fingerprint density at radius 2 is 2.06 bits per heavy atom. The van der Waals surface area contributed by atoms with Crippen molar-refractivity contribution in [2.75, 3.05) is 19.9 Å². The number of nitrogens with zero attached hydrogens (tertiary/aromatic N) is 1. The molecule has 0 saturated carbocycles. The molecule has 0 aromatic heterocycles. The number of rotatable bonds is 2. The Labute approximate surface area is 109 Å². The third-order valence-corrected chi connectivity index (χ3v) is 4.84. The number of sulfonamides is 1. The molecule has 100 valence electrons. The summed E-state index contributed by atoms with van der Waals surface area (Å²) in [6.45, 7) is 2.51. The van der Waals surface area contributed by atoms with E-state index in [4.69, 9.17) is 4.74 Å². The van der Waals surface area contributed by atoms with Gasteiger partial charge in [-0.2, -0.15) is 4.31 Å². The van der Waals surface area contributed by atoms with Crippen molar-refractivity contribution in [1.82, 2.24) is 4.31 Å². The van der Waals surface area contributed by atoms with E-state index in [-0.39, 0.29) is 6.04 Å². The highest BCUT2D eigenvalue weighted by Gasteiger charge is 2.27. The average molecular weight is 269 g/mol. The summed E-state index contributed by atoms with van der Waals surface area (Å²) in [5, 5.41) is 0. The average Bonchev–Trinajstić information content (AvgIpc) is 2.45. The van der Waals surface area contributed by atoms with Gasteiger partial charge < -0.3 is 4.74 Å². The van der Waals surface area contributed by atoms with Crippen LogP contribution in [0.5, 0.6) is 5.75 Å². The molecule has 0 aliphatic carbocycles. The highest BCUT2D eigenvalue weighted by Crippen LogP contribution is 2.25. The molecule has 4 nitrogen and oxygen atoms in total. The SMILES string of the molecule is COc1ccc2c(c1)CC(C)N(S(C)(=O)=O)CC2. The summed E-state index contributed by atoms with van der Waals surface area (Å²) in [5.74, 6) is 0.828. The van der Waals surface area contributed by atoms with E-state index in [9.17, 15) is 8.42 Å². The lowest BCUT2D eigenvalue weighted by molar-refractivity contribution is 0.349. The third-order valence-electron chi connectivity index (χ3n) is 3.45. The first kappa shape index (κ1) is 13.4. The van der Waals surface area contributed by atoms with Gasteiger partial charge in [-0.25, -0.2) is 8.42 Å². The van der Waals surface area contributed by atoms with Crippen molar-refractivity contribution in [3.05, 3.63) is 29.3 Å². The smallest absolute Gasteiger partial charge is 0.211 e. The maximum atomic E-state index is 11.7. The van der Waals surface area contributed by atoms with E-state index in [1.165, 1.54) is 17.4 Å². The minimum absolute atomic E-state index is 0.00615. The fourth-order valence-corrected chi connectivity index (χ4v) is 3.68. The van der Waals surface area contributed by atoms with Gasteiger partial charge in [0.25, 0.3) is 0 Å². The molecule has 1 atom stereocenters. The maximum absolute atomic E-state index is 11.7. The zero-order valence-electron chi connectivity index (χ0n) is 11.0. The number of ether oxygens (including phenoxy) is 1. The zero-order chi connectivity index (χ0) is 13.3. The monoisotopic (exact) mass is 269 g/mol. The van der Waals surface area contributed by atoms with Gasteiger partial charge in [0.05, 0.1) is 13.4 Å². The van der Waals surface area contributed by atoms with Crippen molar-refractivity contribution in [3.63, 3.8) is 0 Å². The van der Waals surface area contributed by atoms with E-state index in [0.717, 1.165) is 18.6 Å². The van der Waals surface area contributed by atoms with E-state index < -0.39 is 10.0 Å². The van der Waals surface area contributed by atoms with Gasteiger partial charge in [0.1, 0.15) is 5.75 Å². The van der Waals surface area contributed by atoms with E-state index in [2.05, 4.69) is 0 Å². The standard InChI is InChI=1S/C13H19NO3S/c1-10-8-12-9-13(17-2)5-4-11(12)6-7-14(10)18(3,15)16/h4-5,9-10H,6-8H2,1-3H3. The van der Waals surface area contributed by atoms with Crippen LogP contribution in [0.4, 0.5) is 0 Å². The van der Waals surface area contributed by atoms with Gasteiger partial charge in [-0.3, -0.25) is 0 Å². The predicted molar refractivity (Wildman–Crippen MR) is 71.4 cm³/mol. The number of hydrogen-bond acceptors (Lipinski definition) is 3. The van der Waals surface area contributed by atoms with E-state index in [0.29, 0.717) is 6.54 Å². The molecule has 2 rings (SSSR count). The second kappa shape index (κ2) is 4.90. The zero-order valence-corrected chi connectivity index (χ0v) is 11.8. The van der Waals surface area contributed by atoms with Crippen LogP contribution in [0.3, 0.4) is 0 Å². The van der Waals surface area contributed by atoms with Crippen LogP contribution in [-0.2, 0) is 22.9 Å². The van der Waals surface area contributed by atoms with Crippen LogP contribution in [0, 0.1) is 0 Å². The van der Waals surface area contributed by atoms with Crippen LogP contribution in [0.25, 0.3) is 0 Å². The fourth-order valence-electron chi connectivity index (χ4n) is 2.53. The second-order valence-corrected chi connectivity index (χ2v) is 6.75. The lowest BCUT2D eigenvalue weighted by Gasteiger charge is -2.24. The summed E-state index contributed by atoms with van der Waals surface area (Å²) < 4.78 is 30.3. The fraction of sp³-hybridized carbons (Fsp3) is 0.538. The number of benzene rings is 1. The van der Waals surface area contributed by atoms with Crippen LogP contribution in [0.1, 0.15) is 18.1 Å². The van der Waals surface area contributed by atoms with Crippen LogP contribution >= 0.6 is 0 Å². The second-order valence-electron chi connectivity index (χ2n) is 4.81. The molecule has 0 amide bonds. The summed E-state index contributed by atoms with van der Waals surface area (Å²) in [6.07, 6.45) is 2.77. The summed E-state index contributed by atoms with van der Waals surface area (Å²) in [5.41, 5.74) is 2.40. The molecule has 0 radical (unpaired) electrons. The normalized spacial score (nSPS) is 21.2. The Morgan fingerprint density at radius 1 is 1.33 bits per heavy atom. The van der Waals surface area contributed by atoms with Crippen molar-refractivity contribution >= 4 is 10.0 Å². The Morgan fingerprint density at radius 3 is 2.67 bits per heavy atom. The Hall–Kier alpha value is -1.07. The predicted octanol–water partition coefficient (Wildman–Crippen LogP) is 1.44. The van der Waals surface area contributed by atoms with E-state index >= 15 is 0 Å². The number of fused-ring (bicyclic) bond motifs is 1. The lowest BCUT2D eigenvalue weighted by Crippen LogP contribution is -2.38. The first-order chi connectivity index (χ1) is 8.41. The highest BCUT2D eigenvalue weighted by atomic mass is 32.2. The molecule has 0 bridgehead atoms. The molecule has 1 aliphatic rings. The Bertz CT molecular complexity index is 539. The highest BCUT2D eigenvalue weighted by molar-refractivity contribution is 7.88. The maximum Gasteiger partial charge on any atom is 0.211 e. The van der Waals surface area contributed by atoms with Gasteiger partial charge in [-0.15, -0.1) is 0 Å². The van der Waals surface area contributed by atoms with Crippen molar-refractivity contribution in [2.45, 2.75) is 25.8 Å². The molecule has 0 fully saturated rings. The van der Waals surface area contributed by atoms with Crippen molar-refractivity contribution in [3.8, 4) is 5.75 Å². The van der Waals surface area contributed by atoms with E-state index in [1.807, 2.05) is 25.1 Å². The molecule has 18 heavy (non-hydrogen) atoms. The summed E-state index contributed by atoms with van der Waals surface area (Å²) in [4.78, 5) is 0. The molecular formula is C13H19NO3S. The molecule has 0 spiro atoms. The lowest BCUT2D eigenvalue weighted by atomic mass is 10.0.